The molecule has 304 valence electrons. The molecule has 0 fully saturated rings. The molecule has 0 aromatic rings. The van der Waals surface area contributed by atoms with E-state index >= 15 is 0 Å². The van der Waals surface area contributed by atoms with E-state index in [0.29, 0.717) is 25.9 Å². The van der Waals surface area contributed by atoms with Crippen molar-refractivity contribution in [3.63, 3.8) is 0 Å². The third-order valence-corrected chi connectivity index (χ3v) is 14.1. The summed E-state index contributed by atoms with van der Waals surface area (Å²) in [5.74, 6) is 0. The van der Waals surface area contributed by atoms with Crippen LogP contribution in [0.3, 0.4) is 0 Å². The minimum absolute atomic E-state index is 0. The minimum Gasteiger partial charge on any atom is -0.357 e. The van der Waals surface area contributed by atoms with E-state index in [1.807, 2.05) is 28.2 Å². The van der Waals surface area contributed by atoms with Gasteiger partial charge in [-0.25, -0.2) is 0 Å². The van der Waals surface area contributed by atoms with Crippen LogP contribution in [0.1, 0.15) is 0 Å². The van der Waals surface area contributed by atoms with E-state index in [9.17, 15) is 0 Å². The molecule has 0 heterocycles. The van der Waals surface area contributed by atoms with Crippen LogP contribution in [0.4, 0.5) is 0 Å². The Kier molecular flexibility index (Phi) is 59.2. The van der Waals surface area contributed by atoms with Gasteiger partial charge in [0.25, 0.3) is 8.56 Å². The molecule has 0 aromatic heterocycles. The van der Waals surface area contributed by atoms with Crippen LogP contribution >= 0.6 is 90.3 Å². The average Bonchev–Trinajstić information content (AvgIpc) is 2.96. The SMILES string of the molecule is CCl.CN.CN(C)B(N(C)C)N(C)[Si](N(C)C)(N(C)C)N(C)C.CNB(CN)CN.CN[Si](CN)(NC)NC.ClB(Cl)Cl.Cl[Si](Cl)(Cl)Cl.N. The lowest BCUT2D eigenvalue weighted by atomic mass is 9.63. The van der Waals surface area contributed by atoms with E-state index in [-0.39, 0.29) is 13.3 Å². The molecule has 0 bridgehead atoms. The maximum absolute atomic E-state index is 5.51. The molecule has 0 aliphatic rings. The van der Waals surface area contributed by atoms with E-state index in [2.05, 4.69) is 143 Å². The largest absolute Gasteiger partial charge is 0.450 e. The molecule has 15 nitrogen and oxygen atoms in total. The second kappa shape index (κ2) is 41.7. The summed E-state index contributed by atoms with van der Waals surface area (Å²) in [5, 5.41) is 0.229. The summed E-state index contributed by atoms with van der Waals surface area (Å²) in [6.07, 6.45) is 3.36. The van der Waals surface area contributed by atoms with Gasteiger partial charge in [-0.1, -0.05) is 0 Å². The fourth-order valence-corrected chi connectivity index (χ4v) is 10.9. The number of nitrogens with zero attached hydrogens (tertiary/aromatic N) is 6. The first-order chi connectivity index (χ1) is 21.8. The predicted octanol–water partition coefficient (Wildman–Crippen LogP) is 0.0780. The number of rotatable bonds is 14. The molecule has 0 saturated heterocycles. The number of nitrogens with two attached hydrogens (primary N) is 4. The van der Waals surface area contributed by atoms with Crippen LogP contribution < -0.4 is 49.3 Å². The summed E-state index contributed by atoms with van der Waals surface area (Å²) < 4.78 is 9.60. The molecule has 0 saturated carbocycles. The van der Waals surface area contributed by atoms with Crippen molar-refractivity contribution in [2.24, 2.45) is 22.9 Å². The highest BCUT2D eigenvalue weighted by Crippen LogP contribution is 2.23. The zero-order chi connectivity index (χ0) is 40.6. The number of halogens is 8. The average molecular weight is 923 g/mol. The van der Waals surface area contributed by atoms with Crippen molar-refractivity contribution in [1.29, 1.82) is 0 Å². The molecule has 0 amide bonds. The van der Waals surface area contributed by atoms with Crippen molar-refractivity contribution in [3.8, 4) is 0 Å². The Balaban J connectivity index is -0.0000000781. The lowest BCUT2D eigenvalue weighted by Gasteiger charge is -2.54. The summed E-state index contributed by atoms with van der Waals surface area (Å²) in [6, 6.07) is 0. The second-order valence-electron chi connectivity index (χ2n) is 10.2. The van der Waals surface area contributed by atoms with E-state index in [1.54, 1.807) is 0 Å². The molecule has 0 radical (unpaired) electrons. The number of hydrogen-bond donors (Lipinski definition) is 9. The Bertz CT molecular complexity index is 594. The summed E-state index contributed by atoms with van der Waals surface area (Å²) in [6.45, 7) is 0.292. The molecule has 0 aliphatic carbocycles. The molecule has 0 aromatic carbocycles. The predicted molar refractivity (Wildman–Crippen MR) is 242 cm³/mol. The van der Waals surface area contributed by atoms with Gasteiger partial charge in [-0.05, 0) is 126 Å². The first-order valence-electron chi connectivity index (χ1n) is 14.4. The molecule has 29 heteroatoms. The van der Waals surface area contributed by atoms with Crippen LogP contribution in [-0.2, 0) is 0 Å². The summed E-state index contributed by atoms with van der Waals surface area (Å²) in [4.78, 5) is 13.2. The Morgan fingerprint density at radius 1 is 0.592 bits per heavy atom. The molecular formula is C20H72B3Cl8N15Si3. The highest BCUT2D eigenvalue weighted by atomic mass is 36.0. The van der Waals surface area contributed by atoms with Crippen molar-refractivity contribution in [1.82, 2.24) is 54.1 Å². The van der Waals surface area contributed by atoms with Crippen LogP contribution in [0.15, 0.2) is 0 Å². The van der Waals surface area contributed by atoms with Gasteiger partial charge < -0.3 is 63.4 Å². The fourth-order valence-electron chi connectivity index (χ4n) is 4.47. The third-order valence-electron chi connectivity index (χ3n) is 6.11. The normalized spacial score (nSPS) is 10.8. The standard InChI is InChI=1S/C11H33BN6Si.C4H16N4Si.C3H12BN3.CH3Cl.CH5N.BCl3.Cl4Si.H3N/c1-13(2)12(14(3)4)18(11)19(15(5)6,16(7)8)17(9)10;1-6-9(4-5,7-2)8-3;1-7-4(2-5)3-6;2*1-2;2-1(3)4;1-5(2,3)4;/h1-11H3;6-8H,4-5H2,1-3H3;7H,2-3,5-6H2,1H3;1H3;2H2,1H3;;;1H3. The number of nitrogens with one attached hydrogen (secondary N) is 4. The van der Waals surface area contributed by atoms with Crippen LogP contribution in [0, 0.1) is 0 Å². The van der Waals surface area contributed by atoms with Crippen LogP contribution in [-0.4, -0.2) is 208 Å². The van der Waals surface area contributed by atoms with E-state index < -0.39 is 27.6 Å². The first-order valence-corrected chi connectivity index (χ1v) is 26.5. The monoisotopic (exact) mass is 919 g/mol. The third kappa shape index (κ3) is 37.3. The van der Waals surface area contributed by atoms with Gasteiger partial charge in [-0.15, -0.1) is 55.9 Å². The van der Waals surface area contributed by atoms with Gasteiger partial charge in [0.05, 0.1) is 0 Å². The molecular weight excluding hydrogens is 851 g/mol. The molecule has 0 rings (SSSR count). The maximum Gasteiger partial charge on any atom is 0.450 e. The van der Waals surface area contributed by atoms with Crippen molar-refractivity contribution >= 4 is 132 Å². The van der Waals surface area contributed by atoms with Crippen LogP contribution in [0.5, 0.6) is 0 Å². The molecule has 0 atom stereocenters. The van der Waals surface area contributed by atoms with Crippen molar-refractivity contribution in [2.45, 2.75) is 0 Å². The van der Waals surface area contributed by atoms with E-state index in [0.717, 1.165) is 0 Å². The van der Waals surface area contributed by atoms with E-state index in [1.165, 1.54) is 13.4 Å². The van der Waals surface area contributed by atoms with Crippen molar-refractivity contribution in [2.75, 3.05) is 138 Å². The highest BCUT2D eigenvalue weighted by molar-refractivity contribution is 7.81. The number of alkyl halides is 1. The Morgan fingerprint density at radius 2 is 0.816 bits per heavy atom. The topological polar surface area (TPSA) is 207 Å². The first kappa shape index (κ1) is 69.5. The lowest BCUT2D eigenvalue weighted by Crippen LogP contribution is -2.83. The van der Waals surface area contributed by atoms with Crippen molar-refractivity contribution in [3.05, 3.63) is 0 Å². The summed E-state index contributed by atoms with van der Waals surface area (Å²) in [7, 11) is 29.3. The Hall–Kier alpha value is 2.57. The van der Waals surface area contributed by atoms with Gasteiger partial charge in [0.1, 0.15) is 0 Å². The van der Waals surface area contributed by atoms with Gasteiger partial charge in [0.15, 0.2) is 0 Å². The highest BCUT2D eigenvalue weighted by Gasteiger charge is 2.52. The maximum atomic E-state index is 5.51. The molecule has 0 spiro atoms. The molecule has 0 aliphatic heterocycles. The molecule has 15 N–H and O–H groups in total. The number of hydrogen-bond acceptors (Lipinski definition) is 15. The van der Waals surface area contributed by atoms with Gasteiger partial charge in [-0.2, -0.15) is 34.4 Å². The lowest BCUT2D eigenvalue weighted by molar-refractivity contribution is 0.300. The minimum atomic E-state index is -2.72. The molecule has 49 heavy (non-hydrogen) atoms. The van der Waals surface area contributed by atoms with Gasteiger partial charge in [0, 0.05) is 12.6 Å². The zero-order valence-corrected chi connectivity index (χ0v) is 42.1. The second-order valence-corrected chi connectivity index (χ2v) is 31.6. The van der Waals surface area contributed by atoms with Crippen LogP contribution in [0.2, 0.25) is 0 Å². The smallest absolute Gasteiger partial charge is 0.357 e. The Labute approximate surface area is 344 Å². The zero-order valence-electron chi connectivity index (χ0n) is 33.1. The summed E-state index contributed by atoms with van der Waals surface area (Å²) in [5.41, 5.74) is 20.5. The summed E-state index contributed by atoms with van der Waals surface area (Å²) >= 11 is 38.9. The quantitative estimate of drug-likeness (QED) is 0.0643. The van der Waals surface area contributed by atoms with Crippen LogP contribution in [0.25, 0.3) is 0 Å². The van der Waals surface area contributed by atoms with Gasteiger partial charge >= 0.3 is 26.1 Å². The van der Waals surface area contributed by atoms with Gasteiger partial charge in [-0.3, -0.25) is 13.7 Å². The Morgan fingerprint density at radius 3 is 0.878 bits per heavy atom. The molecule has 0 unspecified atom stereocenters. The van der Waals surface area contributed by atoms with Gasteiger partial charge in [0.2, 0.25) is 6.85 Å². The van der Waals surface area contributed by atoms with E-state index in [4.69, 9.17) is 95.9 Å². The van der Waals surface area contributed by atoms with Crippen molar-refractivity contribution < 1.29 is 0 Å². The fraction of sp³-hybridized carbons (Fsp3) is 1.00.